The van der Waals surface area contributed by atoms with E-state index in [4.69, 9.17) is 4.74 Å². The molecule has 1 spiro atoms. The molecule has 2 nitrogen and oxygen atoms in total. The standard InChI is InChI=1S/C11H21NO/c1-9-3-5-11(6-4-9)8-13-10(2)7-12-11/h9-10,12H,3-8H2,1-2H3. The Labute approximate surface area is 81.0 Å². The first kappa shape index (κ1) is 9.47. The van der Waals surface area contributed by atoms with Gasteiger partial charge >= 0.3 is 0 Å². The van der Waals surface area contributed by atoms with Gasteiger partial charge in [-0.15, -0.1) is 0 Å². The fourth-order valence-corrected chi connectivity index (χ4v) is 2.41. The largest absolute Gasteiger partial charge is 0.375 e. The summed E-state index contributed by atoms with van der Waals surface area (Å²) in [4.78, 5) is 0. The van der Waals surface area contributed by atoms with E-state index in [0.717, 1.165) is 19.1 Å². The fraction of sp³-hybridized carbons (Fsp3) is 1.00. The third-order valence-corrected chi connectivity index (χ3v) is 3.64. The van der Waals surface area contributed by atoms with Crippen LogP contribution < -0.4 is 5.32 Å². The third kappa shape index (κ3) is 2.05. The van der Waals surface area contributed by atoms with Crippen LogP contribution in [-0.2, 0) is 4.74 Å². The molecule has 13 heavy (non-hydrogen) atoms. The zero-order valence-corrected chi connectivity index (χ0v) is 8.81. The molecule has 0 radical (unpaired) electrons. The number of ether oxygens (including phenoxy) is 1. The van der Waals surface area contributed by atoms with Crippen molar-refractivity contribution in [2.24, 2.45) is 5.92 Å². The lowest BCUT2D eigenvalue weighted by Gasteiger charge is -2.44. The minimum Gasteiger partial charge on any atom is -0.375 e. The smallest absolute Gasteiger partial charge is 0.0672 e. The summed E-state index contributed by atoms with van der Waals surface area (Å²) < 4.78 is 5.74. The van der Waals surface area contributed by atoms with Crippen molar-refractivity contribution in [2.45, 2.75) is 51.2 Å². The molecule has 0 aromatic heterocycles. The third-order valence-electron chi connectivity index (χ3n) is 3.64. The lowest BCUT2D eigenvalue weighted by Crippen LogP contribution is -2.57. The molecule has 2 heteroatoms. The first-order valence-electron chi connectivity index (χ1n) is 5.57. The SMILES string of the molecule is CC1CCC2(CC1)COC(C)CN2. The van der Waals surface area contributed by atoms with Crippen LogP contribution in [0.4, 0.5) is 0 Å². The zero-order chi connectivity index (χ0) is 9.31. The Kier molecular flexibility index (Phi) is 2.61. The summed E-state index contributed by atoms with van der Waals surface area (Å²) in [5, 5.41) is 3.68. The Morgan fingerprint density at radius 2 is 1.92 bits per heavy atom. The van der Waals surface area contributed by atoms with Gasteiger partial charge in [-0.1, -0.05) is 6.92 Å². The zero-order valence-electron chi connectivity index (χ0n) is 8.81. The summed E-state index contributed by atoms with van der Waals surface area (Å²) in [7, 11) is 0. The van der Waals surface area contributed by atoms with Crippen molar-refractivity contribution in [3.63, 3.8) is 0 Å². The molecule has 1 aliphatic carbocycles. The summed E-state index contributed by atoms with van der Waals surface area (Å²) in [5.41, 5.74) is 0.346. The summed E-state index contributed by atoms with van der Waals surface area (Å²) in [6.45, 7) is 6.47. The molecule has 2 fully saturated rings. The van der Waals surface area contributed by atoms with Gasteiger partial charge in [-0.2, -0.15) is 0 Å². The van der Waals surface area contributed by atoms with E-state index >= 15 is 0 Å². The molecular weight excluding hydrogens is 162 g/mol. The van der Waals surface area contributed by atoms with Crippen LogP contribution >= 0.6 is 0 Å². The Morgan fingerprint density at radius 3 is 2.46 bits per heavy atom. The first-order chi connectivity index (χ1) is 6.20. The molecule has 1 saturated heterocycles. The van der Waals surface area contributed by atoms with E-state index in [1.807, 2.05) is 0 Å². The van der Waals surface area contributed by atoms with E-state index in [2.05, 4.69) is 19.2 Å². The highest BCUT2D eigenvalue weighted by Crippen LogP contribution is 2.33. The quantitative estimate of drug-likeness (QED) is 0.619. The number of hydrogen-bond acceptors (Lipinski definition) is 2. The predicted octanol–water partition coefficient (Wildman–Crippen LogP) is 1.94. The number of morpholine rings is 1. The van der Waals surface area contributed by atoms with Gasteiger partial charge in [0.1, 0.15) is 0 Å². The molecule has 0 aromatic carbocycles. The normalized spacial score (nSPS) is 46.6. The molecule has 1 atom stereocenters. The van der Waals surface area contributed by atoms with Crippen molar-refractivity contribution in [2.75, 3.05) is 13.2 Å². The van der Waals surface area contributed by atoms with E-state index in [9.17, 15) is 0 Å². The second-order valence-electron chi connectivity index (χ2n) is 4.97. The van der Waals surface area contributed by atoms with E-state index in [1.165, 1.54) is 25.7 Å². The van der Waals surface area contributed by atoms with Crippen LogP contribution in [-0.4, -0.2) is 24.8 Å². The molecule has 1 aliphatic heterocycles. The summed E-state index contributed by atoms with van der Waals surface area (Å²) in [5.74, 6) is 0.923. The Bertz CT molecular complexity index is 141. The predicted molar refractivity (Wildman–Crippen MR) is 53.8 cm³/mol. The van der Waals surface area contributed by atoms with Gasteiger partial charge in [0.15, 0.2) is 0 Å². The molecule has 0 bridgehead atoms. The van der Waals surface area contributed by atoms with E-state index in [-0.39, 0.29) is 0 Å². The van der Waals surface area contributed by atoms with Crippen molar-refractivity contribution in [1.82, 2.24) is 5.32 Å². The maximum Gasteiger partial charge on any atom is 0.0672 e. The fourth-order valence-electron chi connectivity index (χ4n) is 2.41. The highest BCUT2D eigenvalue weighted by Gasteiger charge is 2.37. The Balaban J connectivity index is 1.90. The van der Waals surface area contributed by atoms with Gasteiger partial charge in [0.2, 0.25) is 0 Å². The molecule has 1 heterocycles. The van der Waals surface area contributed by atoms with Crippen molar-refractivity contribution in [3.05, 3.63) is 0 Å². The molecule has 76 valence electrons. The van der Waals surface area contributed by atoms with Gasteiger partial charge in [0.05, 0.1) is 12.7 Å². The molecule has 2 aliphatic rings. The van der Waals surface area contributed by atoms with Crippen molar-refractivity contribution < 1.29 is 4.74 Å². The van der Waals surface area contributed by atoms with Crippen molar-refractivity contribution >= 4 is 0 Å². The minimum absolute atomic E-state index is 0.346. The number of hydrogen-bond donors (Lipinski definition) is 1. The summed E-state index contributed by atoms with van der Waals surface area (Å²) in [6.07, 6.45) is 5.75. The van der Waals surface area contributed by atoms with Gasteiger partial charge in [-0.05, 0) is 38.5 Å². The van der Waals surface area contributed by atoms with Crippen LogP contribution in [0, 0.1) is 5.92 Å². The summed E-state index contributed by atoms with van der Waals surface area (Å²) >= 11 is 0. The highest BCUT2D eigenvalue weighted by molar-refractivity contribution is 4.94. The lowest BCUT2D eigenvalue weighted by molar-refractivity contribution is -0.0405. The second kappa shape index (κ2) is 3.58. The molecule has 1 saturated carbocycles. The van der Waals surface area contributed by atoms with Crippen LogP contribution in [0.2, 0.25) is 0 Å². The molecule has 2 rings (SSSR count). The van der Waals surface area contributed by atoms with Gasteiger partial charge in [-0.25, -0.2) is 0 Å². The first-order valence-corrected chi connectivity index (χ1v) is 5.57. The Morgan fingerprint density at radius 1 is 1.23 bits per heavy atom. The van der Waals surface area contributed by atoms with Crippen molar-refractivity contribution in [1.29, 1.82) is 0 Å². The van der Waals surface area contributed by atoms with E-state index < -0.39 is 0 Å². The van der Waals surface area contributed by atoms with Crippen LogP contribution in [0.25, 0.3) is 0 Å². The monoisotopic (exact) mass is 183 g/mol. The Hall–Kier alpha value is -0.0800. The maximum atomic E-state index is 5.74. The van der Waals surface area contributed by atoms with Gasteiger partial charge in [0.25, 0.3) is 0 Å². The van der Waals surface area contributed by atoms with E-state index in [1.54, 1.807) is 0 Å². The molecular formula is C11H21NO. The van der Waals surface area contributed by atoms with Crippen LogP contribution in [0.15, 0.2) is 0 Å². The number of rotatable bonds is 0. The number of nitrogens with one attached hydrogen (secondary N) is 1. The van der Waals surface area contributed by atoms with E-state index in [0.29, 0.717) is 11.6 Å². The average molecular weight is 183 g/mol. The lowest BCUT2D eigenvalue weighted by atomic mass is 9.77. The van der Waals surface area contributed by atoms with Gasteiger partial charge in [-0.3, -0.25) is 0 Å². The molecule has 1 N–H and O–H groups in total. The second-order valence-corrected chi connectivity index (χ2v) is 4.97. The molecule has 0 amide bonds. The van der Waals surface area contributed by atoms with Crippen LogP contribution in [0.1, 0.15) is 39.5 Å². The van der Waals surface area contributed by atoms with Gasteiger partial charge in [0, 0.05) is 12.1 Å². The van der Waals surface area contributed by atoms with Crippen LogP contribution in [0.3, 0.4) is 0 Å². The van der Waals surface area contributed by atoms with Gasteiger partial charge < -0.3 is 10.1 Å². The topological polar surface area (TPSA) is 21.3 Å². The minimum atomic E-state index is 0.346. The maximum absolute atomic E-state index is 5.74. The average Bonchev–Trinajstić information content (AvgIpc) is 2.16. The molecule has 0 aromatic rings. The van der Waals surface area contributed by atoms with Crippen molar-refractivity contribution in [3.8, 4) is 0 Å². The van der Waals surface area contributed by atoms with Crippen LogP contribution in [0.5, 0.6) is 0 Å². The highest BCUT2D eigenvalue weighted by atomic mass is 16.5. The summed E-state index contributed by atoms with van der Waals surface area (Å²) in [6, 6.07) is 0. The molecule has 1 unspecified atom stereocenters.